The number of imide groups is 1. The van der Waals surface area contributed by atoms with Crippen LogP contribution in [0.1, 0.15) is 36.6 Å². The number of hydrogen-bond donors (Lipinski definition) is 2. The van der Waals surface area contributed by atoms with Crippen LogP contribution in [0, 0.1) is 10.1 Å². The number of thioether (sulfide) groups is 1. The Morgan fingerprint density at radius 2 is 1.40 bits per heavy atom. The molecule has 4 amide bonds. The number of non-ortho nitro benzene ring substituents is 1. The predicted octanol–water partition coefficient (Wildman–Crippen LogP) is 5.35. The van der Waals surface area contributed by atoms with Crippen molar-refractivity contribution in [2.45, 2.75) is 4.90 Å². The molecule has 0 radical (unpaired) electrons. The topological polar surface area (TPSA) is 139 Å². The van der Waals surface area contributed by atoms with Crippen LogP contribution >= 0.6 is 11.8 Å². The Balaban J connectivity index is 1.27. The molecule has 4 aromatic carbocycles. The molecule has 4 aromatic rings. The molecule has 208 valence electrons. The number of nitrogens with one attached hydrogen (secondary N) is 2. The van der Waals surface area contributed by atoms with Gasteiger partial charge in [-0.25, -0.2) is 0 Å². The predicted molar refractivity (Wildman–Crippen MR) is 158 cm³/mol. The van der Waals surface area contributed by atoms with Gasteiger partial charge in [-0.05, 0) is 72.3 Å². The van der Waals surface area contributed by atoms with Crippen molar-refractivity contribution >= 4 is 52.8 Å². The van der Waals surface area contributed by atoms with Crippen LogP contribution in [0.15, 0.2) is 114 Å². The molecule has 11 heteroatoms. The number of nitrogens with zero attached hydrogens (tertiary/aromatic N) is 2. The molecule has 0 saturated carbocycles. The first-order valence-corrected chi connectivity index (χ1v) is 13.6. The van der Waals surface area contributed by atoms with Crippen LogP contribution in [-0.2, 0) is 4.79 Å². The lowest BCUT2D eigenvalue weighted by Gasteiger charge is -2.14. The first-order chi connectivity index (χ1) is 20.3. The van der Waals surface area contributed by atoms with Crippen LogP contribution in [0.4, 0.5) is 11.4 Å². The van der Waals surface area contributed by atoms with Crippen LogP contribution in [0.3, 0.4) is 0 Å². The highest BCUT2D eigenvalue weighted by molar-refractivity contribution is 7.99. The summed E-state index contributed by atoms with van der Waals surface area (Å²) < 4.78 is 0. The van der Waals surface area contributed by atoms with E-state index in [0.29, 0.717) is 27.9 Å². The first-order valence-electron chi connectivity index (χ1n) is 12.6. The van der Waals surface area contributed by atoms with E-state index in [4.69, 9.17) is 0 Å². The molecular formula is C31H22N4O6S. The van der Waals surface area contributed by atoms with Crippen LogP contribution < -0.4 is 10.6 Å². The summed E-state index contributed by atoms with van der Waals surface area (Å²) in [4.78, 5) is 63.7. The van der Waals surface area contributed by atoms with Gasteiger partial charge in [0.1, 0.15) is 5.70 Å². The fraction of sp³-hybridized carbons (Fsp3) is 0.0323. The number of carbonyl (C=O) groups is 4. The lowest BCUT2D eigenvalue weighted by atomic mass is 10.1. The summed E-state index contributed by atoms with van der Waals surface area (Å²) in [7, 11) is 0. The zero-order chi connectivity index (χ0) is 29.6. The second-order valence-electron chi connectivity index (χ2n) is 9.06. The zero-order valence-corrected chi connectivity index (χ0v) is 22.7. The quantitative estimate of drug-likeness (QED) is 0.0897. The second kappa shape index (κ2) is 12.3. The van der Waals surface area contributed by atoms with E-state index in [1.165, 1.54) is 47.0 Å². The molecule has 10 nitrogen and oxygen atoms in total. The first kappa shape index (κ1) is 28.0. The summed E-state index contributed by atoms with van der Waals surface area (Å²) in [6.07, 6.45) is 1.42. The molecule has 0 bridgehead atoms. The Kier molecular flexibility index (Phi) is 8.21. The molecule has 0 spiro atoms. The minimum atomic E-state index is -0.607. The Hall–Kier alpha value is -5.55. The highest BCUT2D eigenvalue weighted by atomic mass is 32.2. The molecule has 0 fully saturated rings. The number of rotatable bonds is 9. The van der Waals surface area contributed by atoms with Gasteiger partial charge < -0.3 is 10.6 Å². The van der Waals surface area contributed by atoms with Gasteiger partial charge in [0, 0.05) is 28.3 Å². The molecule has 0 aliphatic carbocycles. The fourth-order valence-electron chi connectivity index (χ4n) is 4.13. The molecule has 1 heterocycles. The van der Waals surface area contributed by atoms with Crippen molar-refractivity contribution in [3.8, 4) is 0 Å². The van der Waals surface area contributed by atoms with Crippen molar-refractivity contribution in [1.29, 1.82) is 0 Å². The number of hydrogen-bond acceptors (Lipinski definition) is 7. The lowest BCUT2D eigenvalue weighted by molar-refractivity contribution is -0.384. The number of anilines is 1. The normalized spacial score (nSPS) is 12.6. The standard InChI is InChI=1S/C31H22N4O6S/c36-28(21-6-2-1-3-7-21)33-27(18-20-10-14-23(15-11-20)35(40)41)29(37)32-22-12-16-24(17-13-22)42-19-34-30(38)25-8-4-5-9-26(25)31(34)39/h1-18H,19H2,(H,32,37)(H,33,36)/b27-18-. The van der Waals surface area contributed by atoms with E-state index < -0.39 is 16.7 Å². The molecule has 42 heavy (non-hydrogen) atoms. The van der Waals surface area contributed by atoms with Crippen molar-refractivity contribution in [2.24, 2.45) is 0 Å². The molecule has 0 aromatic heterocycles. The van der Waals surface area contributed by atoms with E-state index in [-0.39, 0.29) is 29.1 Å². The highest BCUT2D eigenvalue weighted by Crippen LogP contribution is 2.28. The molecule has 0 unspecified atom stereocenters. The Labute approximate surface area is 244 Å². The van der Waals surface area contributed by atoms with Gasteiger partial charge in [0.2, 0.25) is 0 Å². The van der Waals surface area contributed by atoms with Gasteiger partial charge in [-0.2, -0.15) is 0 Å². The van der Waals surface area contributed by atoms with Gasteiger partial charge in [-0.15, -0.1) is 11.8 Å². The molecule has 0 saturated heterocycles. The highest BCUT2D eigenvalue weighted by Gasteiger charge is 2.34. The van der Waals surface area contributed by atoms with Crippen molar-refractivity contribution in [2.75, 3.05) is 11.2 Å². The van der Waals surface area contributed by atoms with Gasteiger partial charge in [0.25, 0.3) is 29.3 Å². The zero-order valence-electron chi connectivity index (χ0n) is 21.9. The van der Waals surface area contributed by atoms with Gasteiger partial charge in [-0.1, -0.05) is 30.3 Å². The summed E-state index contributed by atoms with van der Waals surface area (Å²) in [6.45, 7) is 0. The maximum absolute atomic E-state index is 13.2. The van der Waals surface area contributed by atoms with Gasteiger partial charge in [-0.3, -0.25) is 34.2 Å². The molecule has 0 atom stereocenters. The minimum Gasteiger partial charge on any atom is -0.321 e. The maximum atomic E-state index is 13.2. The number of benzene rings is 4. The largest absolute Gasteiger partial charge is 0.321 e. The average molecular weight is 579 g/mol. The van der Waals surface area contributed by atoms with E-state index in [1.54, 1.807) is 78.9 Å². The van der Waals surface area contributed by atoms with Crippen LogP contribution in [0.25, 0.3) is 6.08 Å². The molecule has 5 rings (SSSR count). The second-order valence-corrected chi connectivity index (χ2v) is 10.1. The summed E-state index contributed by atoms with van der Waals surface area (Å²) in [6, 6.07) is 27.4. The van der Waals surface area contributed by atoms with Gasteiger partial charge in [0.15, 0.2) is 0 Å². The average Bonchev–Trinajstić information content (AvgIpc) is 3.25. The third kappa shape index (κ3) is 6.26. The Bertz CT molecular complexity index is 1690. The lowest BCUT2D eigenvalue weighted by Crippen LogP contribution is -2.30. The summed E-state index contributed by atoms with van der Waals surface area (Å²) in [5.74, 6) is -1.65. The Morgan fingerprint density at radius 1 is 0.810 bits per heavy atom. The molecular weight excluding hydrogens is 556 g/mol. The van der Waals surface area contributed by atoms with Crippen molar-refractivity contribution in [1.82, 2.24) is 10.2 Å². The third-order valence-electron chi connectivity index (χ3n) is 6.29. The van der Waals surface area contributed by atoms with Crippen molar-refractivity contribution in [3.05, 3.63) is 141 Å². The number of carbonyl (C=O) groups excluding carboxylic acids is 4. The number of nitro groups is 1. The van der Waals surface area contributed by atoms with Gasteiger partial charge in [0.05, 0.1) is 21.9 Å². The van der Waals surface area contributed by atoms with E-state index in [1.807, 2.05) is 0 Å². The molecule has 1 aliphatic rings. The minimum absolute atomic E-state index is 0.0678. The summed E-state index contributed by atoms with van der Waals surface area (Å²) in [5.41, 5.74) is 1.86. The third-order valence-corrected chi connectivity index (χ3v) is 7.29. The van der Waals surface area contributed by atoms with Crippen LogP contribution in [-0.4, -0.2) is 39.3 Å². The molecule has 2 N–H and O–H groups in total. The van der Waals surface area contributed by atoms with E-state index in [0.717, 1.165) is 4.90 Å². The monoisotopic (exact) mass is 578 g/mol. The number of amides is 4. The van der Waals surface area contributed by atoms with E-state index in [2.05, 4.69) is 10.6 Å². The van der Waals surface area contributed by atoms with E-state index in [9.17, 15) is 29.3 Å². The van der Waals surface area contributed by atoms with E-state index >= 15 is 0 Å². The van der Waals surface area contributed by atoms with Gasteiger partial charge >= 0.3 is 0 Å². The van der Waals surface area contributed by atoms with Crippen LogP contribution in [0.5, 0.6) is 0 Å². The van der Waals surface area contributed by atoms with Crippen LogP contribution in [0.2, 0.25) is 0 Å². The van der Waals surface area contributed by atoms with Crippen molar-refractivity contribution in [3.63, 3.8) is 0 Å². The summed E-state index contributed by atoms with van der Waals surface area (Å²) in [5, 5.41) is 16.4. The van der Waals surface area contributed by atoms with Crippen molar-refractivity contribution < 1.29 is 24.1 Å². The maximum Gasteiger partial charge on any atom is 0.272 e. The number of nitro benzene ring substituents is 1. The molecule has 1 aliphatic heterocycles. The smallest absolute Gasteiger partial charge is 0.272 e. The SMILES string of the molecule is O=C(Nc1ccc(SCN2C(=O)c3ccccc3C2=O)cc1)/C(=C/c1ccc([N+](=O)[O-])cc1)NC(=O)c1ccccc1. The Morgan fingerprint density at radius 3 is 2.00 bits per heavy atom. The number of fused-ring (bicyclic) bond motifs is 1. The summed E-state index contributed by atoms with van der Waals surface area (Å²) >= 11 is 1.30. The fourth-order valence-corrected chi connectivity index (χ4v) is 4.97.